The third kappa shape index (κ3) is 6.08. The van der Waals surface area contributed by atoms with E-state index >= 15 is 0 Å². The van der Waals surface area contributed by atoms with Crippen molar-refractivity contribution in [3.8, 4) is 17.2 Å². The predicted octanol–water partition coefficient (Wildman–Crippen LogP) is 14.2. The summed E-state index contributed by atoms with van der Waals surface area (Å²) in [5.74, 6) is 2.79. The van der Waals surface area contributed by atoms with E-state index in [-0.39, 0.29) is 5.41 Å². The number of methoxy groups -OCH3 is 3. The minimum Gasteiger partial charge on any atom is -0.497 e. The van der Waals surface area contributed by atoms with Crippen LogP contribution < -0.4 is 24.0 Å². The van der Waals surface area contributed by atoms with Gasteiger partial charge in [-0.05, 0) is 167 Å². The van der Waals surface area contributed by atoms with Crippen LogP contribution in [0.25, 0.3) is 32.3 Å². The molecule has 0 saturated heterocycles. The zero-order valence-electron chi connectivity index (χ0n) is 34.2. The van der Waals surface area contributed by atoms with Gasteiger partial charge in [0.1, 0.15) is 17.2 Å². The minimum atomic E-state index is -0.0181. The molecule has 8 aromatic rings. The van der Waals surface area contributed by atoms with Gasteiger partial charge in [0.15, 0.2) is 0 Å². The first-order valence-electron chi connectivity index (χ1n) is 20.0. The summed E-state index contributed by atoms with van der Waals surface area (Å²) in [5, 5.41) is 7.88. The summed E-state index contributed by atoms with van der Waals surface area (Å²) in [7, 11) is 5.16. The molecular weight excluding hydrogens is 701 g/mol. The fraction of sp³-hybridized carbons (Fsp3) is 0.231. The molecule has 0 heterocycles. The summed E-state index contributed by atoms with van der Waals surface area (Å²) < 4.78 is 16.9. The second-order valence-corrected chi connectivity index (χ2v) is 16.4. The Hall–Kier alpha value is -6.20. The molecule has 0 aliphatic heterocycles. The van der Waals surface area contributed by atoms with Crippen LogP contribution in [-0.2, 0) is 11.8 Å². The third-order valence-corrected chi connectivity index (χ3v) is 12.2. The van der Waals surface area contributed by atoms with Crippen molar-refractivity contribution >= 4 is 66.4 Å². The van der Waals surface area contributed by atoms with E-state index in [1.807, 2.05) is 24.3 Å². The zero-order valence-corrected chi connectivity index (χ0v) is 34.2. The highest BCUT2D eigenvalue weighted by atomic mass is 16.5. The average Bonchev–Trinajstić information content (AvgIpc) is 3.23. The van der Waals surface area contributed by atoms with E-state index in [4.69, 9.17) is 14.2 Å². The standard InChI is InChI=1S/C52H50N2O3/c1-32(2)44-31-48(54(35-11-9-33(3)10-12-35)38-17-23-41(57-8)24-18-38)45-30-46-49-34(27-28-52(46,4)5)29-47(43-26-25-42(44)50(45)51(43)49)53(36-13-19-39(55-6)20-14-36)37-15-21-40(56-7)22-16-37/h9-26,29-32H,27-28H2,1-8H3. The van der Waals surface area contributed by atoms with Gasteiger partial charge < -0.3 is 24.0 Å². The number of anilines is 6. The Morgan fingerprint density at radius 1 is 0.509 bits per heavy atom. The van der Waals surface area contributed by atoms with Crippen LogP contribution in [0.2, 0.25) is 0 Å². The number of aryl methyl sites for hydroxylation is 2. The molecule has 0 radical (unpaired) electrons. The van der Waals surface area contributed by atoms with Crippen LogP contribution in [0.1, 0.15) is 62.3 Å². The number of ether oxygens (including phenoxy) is 3. The molecule has 1 aliphatic rings. The maximum atomic E-state index is 5.63. The molecule has 1 aliphatic carbocycles. The maximum Gasteiger partial charge on any atom is 0.119 e. The first kappa shape index (κ1) is 36.4. The normalized spacial score (nSPS) is 13.4. The Bertz CT molecular complexity index is 2680. The fourth-order valence-corrected chi connectivity index (χ4v) is 9.08. The lowest BCUT2D eigenvalue weighted by Gasteiger charge is -2.37. The highest BCUT2D eigenvalue weighted by Crippen LogP contribution is 2.54. The van der Waals surface area contributed by atoms with Gasteiger partial charge in [0.05, 0.1) is 32.7 Å². The van der Waals surface area contributed by atoms with Crippen LogP contribution >= 0.6 is 0 Å². The van der Waals surface area contributed by atoms with E-state index in [9.17, 15) is 0 Å². The van der Waals surface area contributed by atoms with Crippen LogP contribution in [0.4, 0.5) is 34.1 Å². The van der Waals surface area contributed by atoms with E-state index in [0.717, 1.165) is 58.5 Å². The lowest BCUT2D eigenvalue weighted by molar-refractivity contribution is 0.414. The van der Waals surface area contributed by atoms with Crippen LogP contribution in [0.5, 0.6) is 17.2 Å². The van der Waals surface area contributed by atoms with Crippen molar-refractivity contribution in [2.24, 2.45) is 0 Å². The summed E-state index contributed by atoms with van der Waals surface area (Å²) in [6, 6.07) is 46.5. The van der Waals surface area contributed by atoms with Gasteiger partial charge in [0, 0.05) is 38.9 Å². The average molecular weight is 751 g/mol. The molecule has 0 spiro atoms. The quantitative estimate of drug-likeness (QED) is 0.130. The summed E-state index contributed by atoms with van der Waals surface area (Å²) in [5.41, 5.74) is 12.0. The van der Waals surface area contributed by atoms with Crippen LogP contribution in [0.3, 0.4) is 0 Å². The van der Waals surface area contributed by atoms with Crippen molar-refractivity contribution in [1.29, 1.82) is 0 Å². The number of hydrogen-bond donors (Lipinski definition) is 0. The van der Waals surface area contributed by atoms with Crippen LogP contribution in [0.15, 0.2) is 127 Å². The Morgan fingerprint density at radius 3 is 1.44 bits per heavy atom. The smallest absolute Gasteiger partial charge is 0.119 e. The van der Waals surface area contributed by atoms with Gasteiger partial charge in [0.2, 0.25) is 0 Å². The predicted molar refractivity (Wildman–Crippen MR) is 239 cm³/mol. The van der Waals surface area contributed by atoms with Gasteiger partial charge in [-0.15, -0.1) is 0 Å². The highest BCUT2D eigenvalue weighted by molar-refractivity contribution is 6.30. The van der Waals surface area contributed by atoms with Gasteiger partial charge in [-0.2, -0.15) is 0 Å². The maximum absolute atomic E-state index is 5.63. The summed E-state index contributed by atoms with van der Waals surface area (Å²) in [4.78, 5) is 4.85. The Labute approximate surface area is 336 Å². The molecule has 0 unspecified atom stereocenters. The van der Waals surface area contributed by atoms with E-state index < -0.39 is 0 Å². The molecule has 57 heavy (non-hydrogen) atoms. The molecule has 0 amide bonds. The third-order valence-electron chi connectivity index (χ3n) is 12.2. The number of rotatable bonds is 10. The molecule has 0 aromatic heterocycles. The number of hydrogen-bond acceptors (Lipinski definition) is 5. The Morgan fingerprint density at radius 2 is 0.965 bits per heavy atom. The van der Waals surface area contributed by atoms with Crippen molar-refractivity contribution in [3.05, 3.63) is 150 Å². The molecule has 0 atom stereocenters. The molecule has 0 bridgehead atoms. The first-order valence-corrected chi connectivity index (χ1v) is 20.0. The largest absolute Gasteiger partial charge is 0.497 e. The Balaban J connectivity index is 1.42. The molecule has 8 aromatic carbocycles. The van der Waals surface area contributed by atoms with Gasteiger partial charge in [-0.3, -0.25) is 0 Å². The second kappa shape index (κ2) is 14.1. The summed E-state index contributed by atoms with van der Waals surface area (Å²) >= 11 is 0. The van der Waals surface area contributed by atoms with E-state index in [1.165, 1.54) is 60.3 Å². The lowest BCUT2D eigenvalue weighted by Crippen LogP contribution is -2.24. The van der Waals surface area contributed by atoms with Crippen molar-refractivity contribution in [1.82, 2.24) is 0 Å². The van der Waals surface area contributed by atoms with Crippen LogP contribution in [-0.4, -0.2) is 21.3 Å². The van der Waals surface area contributed by atoms with Crippen molar-refractivity contribution in [2.45, 2.75) is 58.8 Å². The van der Waals surface area contributed by atoms with Crippen molar-refractivity contribution < 1.29 is 14.2 Å². The highest BCUT2D eigenvalue weighted by Gasteiger charge is 2.34. The van der Waals surface area contributed by atoms with Gasteiger partial charge in [0.25, 0.3) is 0 Å². The van der Waals surface area contributed by atoms with E-state index in [0.29, 0.717) is 5.92 Å². The van der Waals surface area contributed by atoms with E-state index in [1.54, 1.807) is 21.3 Å². The molecule has 5 nitrogen and oxygen atoms in total. The van der Waals surface area contributed by atoms with Gasteiger partial charge in [-0.25, -0.2) is 0 Å². The lowest BCUT2D eigenvalue weighted by atomic mass is 9.70. The summed E-state index contributed by atoms with van der Waals surface area (Å²) in [6.45, 7) is 11.7. The second-order valence-electron chi connectivity index (χ2n) is 16.4. The molecule has 0 saturated carbocycles. The monoisotopic (exact) mass is 750 g/mol. The Kier molecular flexibility index (Phi) is 9.00. The molecule has 0 N–H and O–H groups in total. The van der Waals surface area contributed by atoms with Gasteiger partial charge >= 0.3 is 0 Å². The fourth-order valence-electron chi connectivity index (χ4n) is 9.08. The topological polar surface area (TPSA) is 34.2 Å². The molecule has 0 fully saturated rings. The summed E-state index contributed by atoms with van der Waals surface area (Å²) in [6.07, 6.45) is 2.07. The molecule has 5 heteroatoms. The number of benzene rings is 8. The molecular formula is C52H50N2O3. The zero-order chi connectivity index (χ0) is 39.6. The van der Waals surface area contributed by atoms with Crippen LogP contribution in [0, 0.1) is 6.92 Å². The molecule has 9 rings (SSSR count). The van der Waals surface area contributed by atoms with Crippen molar-refractivity contribution in [3.63, 3.8) is 0 Å². The number of nitrogens with zero attached hydrogens (tertiary/aromatic N) is 2. The van der Waals surface area contributed by atoms with E-state index in [2.05, 4.69) is 148 Å². The van der Waals surface area contributed by atoms with Gasteiger partial charge in [-0.1, -0.05) is 57.5 Å². The first-order chi connectivity index (χ1) is 27.6. The SMILES string of the molecule is COc1ccc(N(c2ccc(C)cc2)c2cc(C(C)C)c3ccc4c(N(c5ccc(OC)cc5)c5ccc(OC)cc5)cc5c6c(cc2c3c46)C(C)(C)CC5)cc1. The van der Waals surface area contributed by atoms with Crippen molar-refractivity contribution in [2.75, 3.05) is 31.1 Å². The minimum absolute atomic E-state index is 0.0181. The molecule has 286 valence electrons.